The standard InChI is InChI=1S/C13H20N2O2S/c1-4-13(3)5-7-15(8-6-13)12-14-10(11(16)17)9(2)18-12/h4-8H2,1-3H3,(H,16,17). The van der Waals surface area contributed by atoms with E-state index < -0.39 is 5.97 Å². The van der Waals surface area contributed by atoms with Crippen LogP contribution >= 0.6 is 11.3 Å². The fourth-order valence-corrected chi connectivity index (χ4v) is 3.26. The number of thiazole rings is 1. The summed E-state index contributed by atoms with van der Waals surface area (Å²) in [6.07, 6.45) is 3.52. The van der Waals surface area contributed by atoms with Crippen LogP contribution in [0.4, 0.5) is 5.13 Å². The molecule has 0 saturated carbocycles. The fourth-order valence-electron chi connectivity index (χ4n) is 2.31. The van der Waals surface area contributed by atoms with Gasteiger partial charge in [-0.1, -0.05) is 20.3 Å². The van der Waals surface area contributed by atoms with E-state index in [-0.39, 0.29) is 5.69 Å². The molecule has 100 valence electrons. The number of hydrogen-bond acceptors (Lipinski definition) is 4. The van der Waals surface area contributed by atoms with Crippen LogP contribution in [0.3, 0.4) is 0 Å². The first-order chi connectivity index (χ1) is 8.45. The first-order valence-electron chi connectivity index (χ1n) is 6.41. The summed E-state index contributed by atoms with van der Waals surface area (Å²) >= 11 is 1.49. The van der Waals surface area contributed by atoms with Crippen LogP contribution in [-0.4, -0.2) is 29.1 Å². The van der Waals surface area contributed by atoms with E-state index in [1.807, 2.05) is 6.92 Å². The van der Waals surface area contributed by atoms with Crippen molar-refractivity contribution in [1.82, 2.24) is 4.98 Å². The molecule has 0 bridgehead atoms. The number of anilines is 1. The molecule has 0 unspecified atom stereocenters. The van der Waals surface area contributed by atoms with E-state index >= 15 is 0 Å². The number of aryl methyl sites for hydroxylation is 1. The van der Waals surface area contributed by atoms with Gasteiger partial charge in [-0.15, -0.1) is 11.3 Å². The van der Waals surface area contributed by atoms with Gasteiger partial charge in [-0.3, -0.25) is 0 Å². The predicted octanol–water partition coefficient (Wildman–Crippen LogP) is 3.17. The van der Waals surface area contributed by atoms with Crippen LogP contribution in [0.1, 0.15) is 48.5 Å². The molecule has 1 saturated heterocycles. The highest BCUT2D eigenvalue weighted by Crippen LogP contribution is 2.37. The Morgan fingerprint density at radius 2 is 2.11 bits per heavy atom. The summed E-state index contributed by atoms with van der Waals surface area (Å²) in [4.78, 5) is 18.3. The van der Waals surface area contributed by atoms with E-state index in [1.165, 1.54) is 17.8 Å². The van der Waals surface area contributed by atoms with Gasteiger partial charge in [0.05, 0.1) is 0 Å². The topological polar surface area (TPSA) is 53.4 Å². The van der Waals surface area contributed by atoms with Crippen LogP contribution in [0.5, 0.6) is 0 Å². The number of carbonyl (C=O) groups is 1. The number of carboxylic acids is 1. The SMILES string of the molecule is CCC1(C)CCN(c2nc(C(=O)O)c(C)s2)CC1. The zero-order valence-electron chi connectivity index (χ0n) is 11.2. The number of rotatable bonds is 3. The average molecular weight is 268 g/mol. The van der Waals surface area contributed by atoms with Crippen molar-refractivity contribution < 1.29 is 9.90 Å². The predicted molar refractivity (Wildman–Crippen MR) is 73.7 cm³/mol. The van der Waals surface area contributed by atoms with Crippen molar-refractivity contribution in [1.29, 1.82) is 0 Å². The lowest BCUT2D eigenvalue weighted by Crippen LogP contribution is -2.38. The minimum Gasteiger partial charge on any atom is -0.476 e. The molecule has 5 heteroatoms. The molecule has 1 aliphatic heterocycles. The summed E-state index contributed by atoms with van der Waals surface area (Å²) in [5.41, 5.74) is 0.650. The van der Waals surface area contributed by atoms with Crippen LogP contribution in [0.2, 0.25) is 0 Å². The van der Waals surface area contributed by atoms with Crippen LogP contribution in [0.15, 0.2) is 0 Å². The molecule has 2 heterocycles. The molecule has 1 aliphatic rings. The van der Waals surface area contributed by atoms with Gasteiger partial charge in [0.2, 0.25) is 0 Å². The number of aromatic carboxylic acids is 1. The summed E-state index contributed by atoms with van der Waals surface area (Å²) < 4.78 is 0. The number of aromatic nitrogens is 1. The molecule has 0 aliphatic carbocycles. The lowest BCUT2D eigenvalue weighted by atomic mass is 9.78. The van der Waals surface area contributed by atoms with Crippen LogP contribution in [0, 0.1) is 12.3 Å². The Balaban J connectivity index is 2.10. The molecule has 1 fully saturated rings. The highest BCUT2D eigenvalue weighted by Gasteiger charge is 2.30. The van der Waals surface area contributed by atoms with E-state index in [9.17, 15) is 4.79 Å². The number of nitrogens with zero attached hydrogens (tertiary/aromatic N) is 2. The van der Waals surface area contributed by atoms with Crippen LogP contribution in [0.25, 0.3) is 0 Å². The highest BCUT2D eigenvalue weighted by atomic mass is 32.1. The zero-order chi connectivity index (χ0) is 13.3. The van der Waals surface area contributed by atoms with Gasteiger partial charge in [0.25, 0.3) is 0 Å². The van der Waals surface area contributed by atoms with Crippen LogP contribution < -0.4 is 4.90 Å². The van der Waals surface area contributed by atoms with Crippen molar-refractivity contribution in [3.05, 3.63) is 10.6 Å². The first kappa shape index (κ1) is 13.3. The first-order valence-corrected chi connectivity index (χ1v) is 7.22. The number of hydrogen-bond donors (Lipinski definition) is 1. The Bertz CT molecular complexity index is 448. The molecule has 4 nitrogen and oxygen atoms in total. The van der Waals surface area contributed by atoms with E-state index in [1.54, 1.807) is 0 Å². The van der Waals surface area contributed by atoms with Crippen molar-refractivity contribution in [3.63, 3.8) is 0 Å². The van der Waals surface area contributed by atoms with Gasteiger partial charge < -0.3 is 10.0 Å². The second-order valence-corrected chi connectivity index (χ2v) is 6.54. The quantitative estimate of drug-likeness (QED) is 0.915. The summed E-state index contributed by atoms with van der Waals surface area (Å²) in [6.45, 7) is 8.36. The van der Waals surface area contributed by atoms with E-state index in [0.29, 0.717) is 5.41 Å². The fraction of sp³-hybridized carbons (Fsp3) is 0.692. The third-order valence-corrected chi connectivity index (χ3v) is 5.11. The monoisotopic (exact) mass is 268 g/mol. The Morgan fingerprint density at radius 3 is 2.56 bits per heavy atom. The number of carboxylic acid groups (broad SMARTS) is 1. The van der Waals surface area contributed by atoms with E-state index in [4.69, 9.17) is 5.11 Å². The zero-order valence-corrected chi connectivity index (χ0v) is 12.0. The smallest absolute Gasteiger partial charge is 0.355 e. The van der Waals surface area contributed by atoms with Crippen molar-refractivity contribution in [2.75, 3.05) is 18.0 Å². The van der Waals surface area contributed by atoms with Gasteiger partial charge in [-0.05, 0) is 25.2 Å². The Labute approximate surface area is 112 Å². The Hall–Kier alpha value is -1.10. The molecule has 0 radical (unpaired) electrons. The van der Waals surface area contributed by atoms with E-state index in [2.05, 4.69) is 23.7 Å². The lowest BCUT2D eigenvalue weighted by Gasteiger charge is -2.38. The molecular formula is C13H20N2O2S. The maximum atomic E-state index is 11.0. The molecular weight excluding hydrogens is 248 g/mol. The highest BCUT2D eigenvalue weighted by molar-refractivity contribution is 7.15. The summed E-state index contributed by atoms with van der Waals surface area (Å²) in [5, 5.41) is 9.89. The third kappa shape index (κ3) is 2.51. The second kappa shape index (κ2) is 4.88. The normalized spacial score (nSPS) is 18.9. The van der Waals surface area contributed by atoms with E-state index in [0.717, 1.165) is 35.9 Å². The molecule has 0 aromatic carbocycles. The number of piperidine rings is 1. The molecule has 0 amide bonds. The van der Waals surface area contributed by atoms with Crippen molar-refractivity contribution in [3.8, 4) is 0 Å². The molecule has 0 spiro atoms. The van der Waals surface area contributed by atoms with Gasteiger partial charge in [-0.2, -0.15) is 0 Å². The van der Waals surface area contributed by atoms with Crippen molar-refractivity contribution in [2.45, 2.75) is 40.0 Å². The summed E-state index contributed by atoms with van der Waals surface area (Å²) in [7, 11) is 0. The van der Waals surface area contributed by atoms with Crippen molar-refractivity contribution >= 4 is 22.4 Å². The summed E-state index contributed by atoms with van der Waals surface area (Å²) in [5.74, 6) is -0.926. The molecule has 1 N–H and O–H groups in total. The van der Waals surface area contributed by atoms with Crippen molar-refractivity contribution in [2.24, 2.45) is 5.41 Å². The molecule has 0 atom stereocenters. The van der Waals surface area contributed by atoms with Gasteiger partial charge in [0, 0.05) is 18.0 Å². The Kier molecular flexibility index (Phi) is 3.61. The Morgan fingerprint density at radius 1 is 1.50 bits per heavy atom. The maximum Gasteiger partial charge on any atom is 0.355 e. The molecule has 18 heavy (non-hydrogen) atoms. The molecule has 2 rings (SSSR count). The van der Waals surface area contributed by atoms with Crippen LogP contribution in [-0.2, 0) is 0 Å². The average Bonchev–Trinajstić information content (AvgIpc) is 2.72. The largest absolute Gasteiger partial charge is 0.476 e. The van der Waals surface area contributed by atoms with Gasteiger partial charge in [-0.25, -0.2) is 9.78 Å². The summed E-state index contributed by atoms with van der Waals surface area (Å²) in [6, 6.07) is 0. The van der Waals surface area contributed by atoms with Gasteiger partial charge in [0.1, 0.15) is 0 Å². The third-order valence-electron chi connectivity index (χ3n) is 4.08. The minimum absolute atomic E-state index is 0.207. The molecule has 1 aromatic heterocycles. The van der Waals surface area contributed by atoms with Gasteiger partial charge in [0.15, 0.2) is 10.8 Å². The minimum atomic E-state index is -0.926. The maximum absolute atomic E-state index is 11.0. The lowest BCUT2D eigenvalue weighted by molar-refractivity contribution is 0.0690. The second-order valence-electron chi connectivity index (χ2n) is 5.36. The van der Waals surface area contributed by atoms with Gasteiger partial charge >= 0.3 is 5.97 Å². The molecule has 1 aromatic rings.